The number of hydrogen-bond donors (Lipinski definition) is 4. The maximum Gasteiger partial charge on any atom is 0.357 e. The molecule has 0 amide bonds. The summed E-state index contributed by atoms with van der Waals surface area (Å²) in [5.41, 5.74) is 0.883. The molecule has 0 unspecified atom stereocenters. The van der Waals surface area contributed by atoms with Gasteiger partial charge in [-0.2, -0.15) is 0 Å². The summed E-state index contributed by atoms with van der Waals surface area (Å²) in [6.07, 6.45) is 3.41. The van der Waals surface area contributed by atoms with Gasteiger partial charge in [-0.15, -0.1) is 45.3 Å². The zero-order valence-corrected chi connectivity index (χ0v) is 59.5. The molecule has 4 rings (SSSR count). The molecule has 0 aliphatic heterocycles. The zero-order chi connectivity index (χ0) is 69.6. The van der Waals surface area contributed by atoms with Crippen molar-refractivity contribution in [1.82, 2.24) is 39.2 Å². The molecule has 32 heteroatoms. The number of aromatic nitrogens is 4. The van der Waals surface area contributed by atoms with Crippen molar-refractivity contribution in [3.63, 3.8) is 0 Å². The Morgan fingerprint density at radius 2 is 0.630 bits per heavy atom. The number of ether oxygens (including phenoxy) is 4. The van der Waals surface area contributed by atoms with Crippen LogP contribution in [0.3, 0.4) is 0 Å². The Hall–Kier alpha value is -4.98. The van der Waals surface area contributed by atoms with E-state index in [2.05, 4.69) is 47.6 Å². The Bertz CT molecular complexity index is 2580. The van der Waals surface area contributed by atoms with Crippen molar-refractivity contribution in [2.75, 3.05) is 53.6 Å². The summed E-state index contributed by atoms with van der Waals surface area (Å²) in [7, 11) is 9.57. The van der Waals surface area contributed by atoms with Crippen LogP contribution in [0, 0.1) is 23.7 Å². The standard InChI is InChI=1S/2C16H26BN2O4S.2C14H22BN2O4S/c2*1-5-7-19(17-10-20)13(11(3)4)8-14(21)15-18-12(9-24-15)16(22)23-6-2;2*1-5-21-14(20)10-7-22-13(16-10)12(19)6-11(9(2)3)17(4)15-8-18/h2*9-11,13-14,21H,5-8H2,1-4H3;2*7-9,11-12,19H,5-6H2,1-4H3/t2*13-,14+;2*11-,12+/m1010/s1. The largest absolute Gasteiger partial charge is 0.461 e. The molecule has 0 fully saturated rings. The van der Waals surface area contributed by atoms with Gasteiger partial charge in [-0.25, -0.2) is 39.1 Å². The van der Waals surface area contributed by atoms with Gasteiger partial charge in [0.25, 0.3) is 29.7 Å². The average molecular weight is 1360 g/mol. The first-order valence-corrected chi connectivity index (χ1v) is 34.5. The highest BCUT2D eigenvalue weighted by Gasteiger charge is 2.31. The van der Waals surface area contributed by atoms with Crippen LogP contribution in [-0.4, -0.2) is 216 Å². The highest BCUT2D eigenvalue weighted by atomic mass is 32.1. The minimum atomic E-state index is -0.789. The minimum absolute atomic E-state index is 0.00450. The lowest BCUT2D eigenvalue weighted by atomic mass is 9.85. The van der Waals surface area contributed by atoms with E-state index < -0.39 is 48.3 Å². The third kappa shape index (κ3) is 30.2. The second-order valence-corrected chi connectivity index (χ2v) is 25.9. The molecule has 0 aliphatic rings. The number of aliphatic hydroxyl groups excluding tert-OH is 4. The average Bonchev–Trinajstić information content (AvgIpc) is 3.10. The van der Waals surface area contributed by atoms with Crippen LogP contribution in [0.4, 0.5) is 0 Å². The Balaban J connectivity index is 0.000000614. The van der Waals surface area contributed by atoms with Gasteiger partial charge >= 0.3 is 23.9 Å². The fourth-order valence-corrected chi connectivity index (χ4v) is 12.6. The molecule has 0 aromatic carbocycles. The van der Waals surface area contributed by atoms with Crippen molar-refractivity contribution < 1.29 is 77.7 Å². The first-order chi connectivity index (χ1) is 43.7. The molecule has 24 nitrogen and oxygen atoms in total. The molecular weight excluding hydrogens is 1260 g/mol. The third-order valence-electron chi connectivity index (χ3n) is 14.1. The summed E-state index contributed by atoms with van der Waals surface area (Å²) < 4.78 is 19.6. The zero-order valence-electron chi connectivity index (χ0n) is 56.2. The lowest BCUT2D eigenvalue weighted by Gasteiger charge is -2.34. The highest BCUT2D eigenvalue weighted by molar-refractivity contribution is 7.10. The molecule has 0 aliphatic carbocycles. The Morgan fingerprint density at radius 3 is 0.815 bits per heavy atom. The Kier molecular flexibility index (Phi) is 43.4. The van der Waals surface area contributed by atoms with Crippen LogP contribution in [0.15, 0.2) is 21.5 Å². The molecule has 4 aromatic rings. The fourth-order valence-electron chi connectivity index (χ4n) is 9.46. The smallest absolute Gasteiger partial charge is 0.357 e. The molecule has 4 radical (unpaired) electrons. The van der Waals surface area contributed by atoms with Gasteiger partial charge in [-0.1, -0.05) is 69.2 Å². The van der Waals surface area contributed by atoms with E-state index in [0.717, 1.165) is 50.7 Å². The lowest BCUT2D eigenvalue weighted by Crippen LogP contribution is -2.43. The van der Waals surface area contributed by atoms with E-state index >= 15 is 0 Å². The molecule has 0 saturated carbocycles. The van der Waals surface area contributed by atoms with Gasteiger partial charge in [0.05, 0.1) is 51.2 Å². The number of aliphatic hydroxyl groups is 4. The van der Waals surface area contributed by atoms with Gasteiger partial charge in [-0.3, -0.25) is 0 Å². The van der Waals surface area contributed by atoms with Crippen molar-refractivity contribution in [3.05, 3.63) is 64.3 Å². The molecule has 0 bridgehead atoms. The number of hydrogen-bond acceptors (Lipinski definition) is 28. The highest BCUT2D eigenvalue weighted by Crippen LogP contribution is 2.31. The number of esters is 4. The van der Waals surface area contributed by atoms with E-state index in [1.165, 1.54) is 75.0 Å². The Labute approximate surface area is 563 Å². The molecule has 508 valence electrons. The maximum absolute atomic E-state index is 11.7. The number of carbonyl (C=O) groups excluding carboxylic acids is 8. The molecule has 4 aromatic heterocycles. The lowest BCUT2D eigenvalue weighted by molar-refractivity contribution is 0.0509. The summed E-state index contributed by atoms with van der Waals surface area (Å²) in [6.45, 7) is 30.0. The van der Waals surface area contributed by atoms with Crippen LogP contribution in [-0.2, 0) is 38.1 Å². The monoisotopic (exact) mass is 1360 g/mol. The van der Waals surface area contributed by atoms with E-state index in [0.29, 0.717) is 45.7 Å². The van der Waals surface area contributed by atoms with E-state index in [1.54, 1.807) is 72.9 Å². The SMILES string of the molecule is CCCN([B]C=O)[C@@H](C[C@@H](O)c1nc(C(=O)OCC)cs1)C(C)C.CCCN([B]C=O)[C@H](C[C@H](O)c1nc(C(=O)OCC)cs1)C(C)C.CCOC(=O)c1csc([C@@H](O)C[C@H](C(C)C)N(C)[B]C=O)n1.CCOC(=O)c1csc([C@H](O)C[C@@H](C(C)C)N(C)[B]C=O)n1. The van der Waals surface area contributed by atoms with E-state index in [-0.39, 0.29) is 97.0 Å². The van der Waals surface area contributed by atoms with Crippen molar-refractivity contribution in [2.24, 2.45) is 23.7 Å². The summed E-state index contributed by atoms with van der Waals surface area (Å²) >= 11 is 4.95. The van der Waals surface area contributed by atoms with Gasteiger partial charge in [0.1, 0.15) is 44.4 Å². The van der Waals surface area contributed by atoms with Gasteiger partial charge in [0.2, 0.25) is 0 Å². The van der Waals surface area contributed by atoms with Crippen LogP contribution < -0.4 is 0 Å². The van der Waals surface area contributed by atoms with Crippen molar-refractivity contribution in [1.29, 1.82) is 0 Å². The summed E-state index contributed by atoms with van der Waals surface area (Å²) in [4.78, 5) is 114. The van der Waals surface area contributed by atoms with E-state index in [9.17, 15) is 58.8 Å². The van der Waals surface area contributed by atoms with Crippen molar-refractivity contribution in [2.45, 2.75) is 184 Å². The first-order valence-electron chi connectivity index (χ1n) is 31.0. The summed E-state index contributed by atoms with van der Waals surface area (Å²) in [5, 5.41) is 50.0. The van der Waals surface area contributed by atoms with Crippen LogP contribution >= 0.6 is 45.3 Å². The second kappa shape index (κ2) is 47.0. The number of thiazole rings is 4. The minimum Gasteiger partial charge on any atom is -0.461 e. The molecule has 8 atom stereocenters. The molecule has 4 heterocycles. The van der Waals surface area contributed by atoms with Crippen molar-refractivity contribution in [3.8, 4) is 0 Å². The van der Waals surface area contributed by atoms with Gasteiger partial charge in [0, 0.05) is 45.7 Å². The molecule has 0 saturated heterocycles. The number of nitrogens with zero attached hydrogens (tertiary/aromatic N) is 8. The van der Waals surface area contributed by atoms with Gasteiger partial charge in [-0.05, 0) is 117 Å². The Morgan fingerprint density at radius 1 is 0.413 bits per heavy atom. The van der Waals surface area contributed by atoms with Gasteiger partial charge < -0.3 is 77.8 Å². The number of carbonyl (C=O) groups is 8. The number of rotatable bonds is 40. The predicted octanol–water partition coefficient (Wildman–Crippen LogP) is 7.60. The molecule has 92 heavy (non-hydrogen) atoms. The summed E-state index contributed by atoms with van der Waals surface area (Å²) in [5.74, 6) is -0.906. The van der Waals surface area contributed by atoms with Crippen LogP contribution in [0.25, 0.3) is 0 Å². The van der Waals surface area contributed by atoms with Crippen molar-refractivity contribution >= 4 is 124 Å². The fraction of sp³-hybridized carbons (Fsp3) is 0.667. The summed E-state index contributed by atoms with van der Waals surface area (Å²) in [6, 6.07) is 0.0190. The second-order valence-electron chi connectivity index (χ2n) is 22.4. The van der Waals surface area contributed by atoms with Crippen LogP contribution in [0.2, 0.25) is 0 Å². The molecular formula is C60H96B4N8O16S4. The topological polar surface area (TPSA) is 319 Å². The third-order valence-corrected chi connectivity index (χ3v) is 17.8. The first kappa shape index (κ1) is 85.0. The van der Waals surface area contributed by atoms with Crippen LogP contribution in [0.1, 0.15) is 222 Å². The molecule has 0 spiro atoms. The maximum atomic E-state index is 11.7. The predicted molar refractivity (Wildman–Crippen MR) is 365 cm³/mol. The van der Waals surface area contributed by atoms with Gasteiger partial charge in [0.15, 0.2) is 22.8 Å². The normalized spacial score (nSPS) is 13.9. The van der Waals surface area contributed by atoms with Crippen LogP contribution in [0.5, 0.6) is 0 Å². The quantitative estimate of drug-likeness (QED) is 0.0144. The molecule has 4 N–H and O–H groups in total. The van der Waals surface area contributed by atoms with E-state index in [1.807, 2.05) is 51.2 Å². The van der Waals surface area contributed by atoms with E-state index in [4.69, 9.17) is 18.9 Å².